The van der Waals surface area contributed by atoms with E-state index < -0.39 is 16.5 Å². The Bertz CT molecular complexity index is 685. The van der Waals surface area contributed by atoms with E-state index in [1.54, 1.807) is 6.07 Å². The second kappa shape index (κ2) is 5.48. The topological polar surface area (TPSA) is 69.4 Å². The minimum Gasteiger partial charge on any atom is -0.449 e. The van der Waals surface area contributed by atoms with Crippen LogP contribution in [0.5, 0.6) is 11.5 Å². The summed E-state index contributed by atoms with van der Waals surface area (Å²) in [4.78, 5) is 21.7. The van der Waals surface area contributed by atoms with Gasteiger partial charge in [-0.15, -0.1) is 0 Å². The normalized spacial score (nSPS) is 10.1. The molecule has 2 rings (SSSR count). The number of Topliss-reactive ketones (excluding diaryl/α,β-unsaturated/α-hetero) is 1. The first-order valence-corrected chi connectivity index (χ1v) is 5.71. The third-order valence-corrected chi connectivity index (χ3v) is 2.61. The van der Waals surface area contributed by atoms with Crippen LogP contribution in [0.25, 0.3) is 0 Å². The smallest absolute Gasteiger partial charge is 0.311 e. The minimum atomic E-state index is -0.728. The molecule has 0 aliphatic carbocycles. The van der Waals surface area contributed by atoms with Crippen molar-refractivity contribution >= 4 is 11.5 Å². The van der Waals surface area contributed by atoms with Crippen molar-refractivity contribution in [1.82, 2.24) is 0 Å². The maximum absolute atomic E-state index is 13.6. The summed E-state index contributed by atoms with van der Waals surface area (Å²) in [5, 5.41) is 10.9. The van der Waals surface area contributed by atoms with Crippen LogP contribution in [0.4, 0.5) is 10.1 Å². The van der Waals surface area contributed by atoms with Gasteiger partial charge in [-0.2, -0.15) is 0 Å². The first kappa shape index (κ1) is 13.7. The summed E-state index contributed by atoms with van der Waals surface area (Å²) in [6, 6.07) is 9.57. The summed E-state index contributed by atoms with van der Waals surface area (Å²) in [6.07, 6.45) is 0. The van der Waals surface area contributed by atoms with Gasteiger partial charge in [-0.05, 0) is 25.1 Å². The Balaban J connectivity index is 2.49. The fourth-order valence-electron chi connectivity index (χ4n) is 1.74. The molecule has 5 nitrogen and oxygen atoms in total. The van der Waals surface area contributed by atoms with Crippen molar-refractivity contribution in [3.8, 4) is 11.5 Å². The number of carbonyl (C=O) groups excluding carboxylic acids is 1. The van der Waals surface area contributed by atoms with Crippen LogP contribution in [0, 0.1) is 15.9 Å². The molecule has 0 aliphatic heterocycles. The number of hydrogen-bond acceptors (Lipinski definition) is 4. The van der Waals surface area contributed by atoms with Crippen LogP contribution in [0.15, 0.2) is 42.5 Å². The van der Waals surface area contributed by atoms with Crippen LogP contribution >= 0.6 is 0 Å². The number of nitro benzene ring substituents is 1. The molecule has 0 saturated carbocycles. The maximum Gasteiger partial charge on any atom is 0.311 e. The van der Waals surface area contributed by atoms with E-state index in [1.807, 2.05) is 0 Å². The lowest BCUT2D eigenvalue weighted by Crippen LogP contribution is -2.01. The van der Waals surface area contributed by atoms with Crippen molar-refractivity contribution in [2.45, 2.75) is 6.92 Å². The maximum atomic E-state index is 13.6. The highest BCUT2D eigenvalue weighted by Crippen LogP contribution is 2.33. The molecule has 0 heterocycles. The van der Waals surface area contributed by atoms with Gasteiger partial charge in [0.05, 0.1) is 10.5 Å². The fourth-order valence-corrected chi connectivity index (χ4v) is 1.74. The number of para-hydroxylation sites is 2. The number of halogens is 1. The molecule has 0 fully saturated rings. The van der Waals surface area contributed by atoms with Gasteiger partial charge in [0.25, 0.3) is 0 Å². The first-order chi connectivity index (χ1) is 9.50. The molecule has 0 amide bonds. The van der Waals surface area contributed by atoms with Gasteiger partial charge in [0, 0.05) is 6.07 Å². The minimum absolute atomic E-state index is 0.0493. The quantitative estimate of drug-likeness (QED) is 0.484. The van der Waals surface area contributed by atoms with Crippen LogP contribution in [0.2, 0.25) is 0 Å². The zero-order valence-electron chi connectivity index (χ0n) is 10.5. The number of rotatable bonds is 4. The number of nitro groups is 1. The lowest BCUT2D eigenvalue weighted by atomic mass is 10.1. The lowest BCUT2D eigenvalue weighted by Gasteiger charge is -2.10. The summed E-state index contributed by atoms with van der Waals surface area (Å²) in [6.45, 7) is 1.20. The molecule has 2 aromatic carbocycles. The summed E-state index contributed by atoms with van der Waals surface area (Å²) < 4.78 is 19.0. The molecule has 0 atom stereocenters. The predicted molar refractivity (Wildman–Crippen MR) is 69.6 cm³/mol. The molecular formula is C14H10FNO4. The highest BCUT2D eigenvalue weighted by molar-refractivity contribution is 5.97. The van der Waals surface area contributed by atoms with Crippen molar-refractivity contribution < 1.29 is 18.8 Å². The highest BCUT2D eigenvalue weighted by atomic mass is 19.1. The Morgan fingerprint density at radius 2 is 1.80 bits per heavy atom. The van der Waals surface area contributed by atoms with E-state index in [4.69, 9.17) is 4.74 Å². The van der Waals surface area contributed by atoms with E-state index in [-0.39, 0.29) is 22.7 Å². The second-order valence-corrected chi connectivity index (χ2v) is 4.00. The molecule has 6 heteroatoms. The van der Waals surface area contributed by atoms with Crippen molar-refractivity contribution in [1.29, 1.82) is 0 Å². The van der Waals surface area contributed by atoms with Crippen molar-refractivity contribution in [2.24, 2.45) is 0 Å². The Morgan fingerprint density at radius 1 is 1.15 bits per heavy atom. The highest BCUT2D eigenvalue weighted by Gasteiger charge is 2.19. The second-order valence-electron chi connectivity index (χ2n) is 4.00. The molecule has 0 N–H and O–H groups in total. The lowest BCUT2D eigenvalue weighted by molar-refractivity contribution is -0.385. The molecule has 0 aromatic heterocycles. The largest absolute Gasteiger partial charge is 0.449 e. The Labute approximate surface area is 113 Å². The number of benzene rings is 2. The molecule has 102 valence electrons. The monoisotopic (exact) mass is 275 g/mol. The molecular weight excluding hydrogens is 265 g/mol. The van der Waals surface area contributed by atoms with Crippen LogP contribution in [-0.4, -0.2) is 10.7 Å². The Kier molecular flexibility index (Phi) is 3.74. The molecule has 0 aliphatic rings. The molecule has 20 heavy (non-hydrogen) atoms. The van der Waals surface area contributed by atoms with Gasteiger partial charge in [-0.25, -0.2) is 4.39 Å². The van der Waals surface area contributed by atoms with E-state index in [0.717, 1.165) is 6.07 Å². The van der Waals surface area contributed by atoms with Gasteiger partial charge in [0.15, 0.2) is 5.78 Å². The summed E-state index contributed by atoms with van der Waals surface area (Å²) in [7, 11) is 0. The SMILES string of the molecule is CC(=O)c1c(F)cccc1Oc1ccccc1[N+](=O)[O-]. The number of carbonyl (C=O) groups is 1. The van der Waals surface area contributed by atoms with E-state index >= 15 is 0 Å². The van der Waals surface area contributed by atoms with E-state index in [2.05, 4.69) is 0 Å². The number of nitrogens with zero attached hydrogens (tertiary/aromatic N) is 1. The van der Waals surface area contributed by atoms with Gasteiger partial charge in [-0.3, -0.25) is 14.9 Å². The average molecular weight is 275 g/mol. The average Bonchev–Trinajstić information content (AvgIpc) is 2.38. The predicted octanol–water partition coefficient (Wildman–Crippen LogP) is 3.73. The van der Waals surface area contributed by atoms with Gasteiger partial charge >= 0.3 is 5.69 Å². The van der Waals surface area contributed by atoms with Gasteiger partial charge in [0.1, 0.15) is 11.6 Å². The summed E-state index contributed by atoms with van der Waals surface area (Å²) in [5.41, 5.74) is -0.489. The standard InChI is InChI=1S/C14H10FNO4/c1-9(17)14-10(15)5-4-8-13(14)20-12-7-3-2-6-11(12)16(18)19/h2-8H,1H3. The molecule has 0 unspecified atom stereocenters. The van der Waals surface area contributed by atoms with Crippen molar-refractivity contribution in [3.63, 3.8) is 0 Å². The molecule has 0 bridgehead atoms. The van der Waals surface area contributed by atoms with Crippen molar-refractivity contribution in [2.75, 3.05) is 0 Å². The van der Waals surface area contributed by atoms with E-state index in [0.29, 0.717) is 0 Å². The summed E-state index contributed by atoms with van der Waals surface area (Å²) >= 11 is 0. The van der Waals surface area contributed by atoms with Crippen LogP contribution < -0.4 is 4.74 Å². The molecule has 2 aromatic rings. The zero-order chi connectivity index (χ0) is 14.7. The van der Waals surface area contributed by atoms with E-state index in [9.17, 15) is 19.3 Å². The van der Waals surface area contributed by atoms with Gasteiger partial charge in [-0.1, -0.05) is 18.2 Å². The third-order valence-electron chi connectivity index (χ3n) is 2.61. The van der Waals surface area contributed by atoms with Crippen molar-refractivity contribution in [3.05, 3.63) is 64.0 Å². The first-order valence-electron chi connectivity index (χ1n) is 5.71. The van der Waals surface area contributed by atoms with E-state index in [1.165, 1.54) is 37.3 Å². The van der Waals surface area contributed by atoms with Crippen LogP contribution in [-0.2, 0) is 0 Å². The fraction of sp³-hybridized carbons (Fsp3) is 0.0714. The third kappa shape index (κ3) is 2.64. The number of hydrogen-bond donors (Lipinski definition) is 0. The summed E-state index contributed by atoms with van der Waals surface area (Å²) in [5.74, 6) is -1.34. The molecule has 0 radical (unpaired) electrons. The van der Waals surface area contributed by atoms with Crippen LogP contribution in [0.1, 0.15) is 17.3 Å². The molecule has 0 saturated heterocycles. The van der Waals surface area contributed by atoms with Gasteiger partial charge in [0.2, 0.25) is 5.75 Å². The Hall–Kier alpha value is -2.76. The Morgan fingerprint density at radius 3 is 2.45 bits per heavy atom. The van der Waals surface area contributed by atoms with Crippen LogP contribution in [0.3, 0.4) is 0 Å². The molecule has 0 spiro atoms. The number of ether oxygens (including phenoxy) is 1. The van der Waals surface area contributed by atoms with Gasteiger partial charge < -0.3 is 4.74 Å². The number of ketones is 1. The zero-order valence-corrected chi connectivity index (χ0v) is 10.5.